The van der Waals surface area contributed by atoms with Crippen molar-refractivity contribution in [3.05, 3.63) is 0 Å². The van der Waals surface area contributed by atoms with Crippen molar-refractivity contribution < 1.29 is 27.9 Å². The van der Waals surface area contributed by atoms with Crippen LogP contribution < -0.4 is 0 Å². The van der Waals surface area contributed by atoms with E-state index < -0.39 is 27.9 Å². The van der Waals surface area contributed by atoms with Crippen LogP contribution in [0.3, 0.4) is 0 Å². The van der Waals surface area contributed by atoms with Gasteiger partial charge in [0.1, 0.15) is 0 Å². The molecule has 1 heterocycles. The van der Waals surface area contributed by atoms with E-state index in [4.69, 9.17) is 5.11 Å². The van der Waals surface area contributed by atoms with Crippen LogP contribution in [0.5, 0.6) is 0 Å². The van der Waals surface area contributed by atoms with Gasteiger partial charge >= 0.3 is 11.9 Å². The first kappa shape index (κ1) is 13.9. The van der Waals surface area contributed by atoms with Crippen LogP contribution in [0.15, 0.2) is 0 Å². The minimum absolute atomic E-state index is 0.0237. The van der Waals surface area contributed by atoms with Crippen LogP contribution in [0.2, 0.25) is 0 Å². The minimum Gasteiger partial charge on any atom is -0.481 e. The molecule has 0 aromatic carbocycles. The SMILES string of the molecule is COC(=O)CCCS(=O)(=O)N1CC(C(=O)O)C1. The molecule has 0 atom stereocenters. The van der Waals surface area contributed by atoms with Crippen LogP contribution in [0.1, 0.15) is 12.8 Å². The maximum absolute atomic E-state index is 11.6. The van der Waals surface area contributed by atoms with Gasteiger partial charge in [0.25, 0.3) is 0 Å². The van der Waals surface area contributed by atoms with Crippen molar-refractivity contribution in [2.24, 2.45) is 5.92 Å². The van der Waals surface area contributed by atoms with Crippen LogP contribution in [0, 0.1) is 5.92 Å². The standard InChI is InChI=1S/C9H15NO6S/c1-16-8(11)3-2-4-17(14,15)10-5-7(6-10)9(12)13/h7H,2-6H2,1H3,(H,12,13). The number of esters is 1. The van der Waals surface area contributed by atoms with E-state index in [9.17, 15) is 18.0 Å². The molecule has 1 aliphatic rings. The fourth-order valence-electron chi connectivity index (χ4n) is 1.45. The summed E-state index contributed by atoms with van der Waals surface area (Å²) in [7, 11) is -2.19. The molecule has 1 N–H and O–H groups in total. The number of hydrogen-bond donors (Lipinski definition) is 1. The molecular weight excluding hydrogens is 250 g/mol. The van der Waals surface area contributed by atoms with E-state index in [2.05, 4.69) is 4.74 Å². The van der Waals surface area contributed by atoms with Crippen molar-refractivity contribution in [3.8, 4) is 0 Å². The molecule has 1 rings (SSSR count). The summed E-state index contributed by atoms with van der Waals surface area (Å²) in [5.41, 5.74) is 0. The topological polar surface area (TPSA) is 101 Å². The van der Waals surface area contributed by atoms with Crippen molar-refractivity contribution in [1.29, 1.82) is 0 Å². The predicted octanol–water partition coefficient (Wildman–Crippen LogP) is -0.714. The van der Waals surface area contributed by atoms with Crippen molar-refractivity contribution in [1.82, 2.24) is 4.31 Å². The Balaban J connectivity index is 2.33. The van der Waals surface area contributed by atoms with Crippen molar-refractivity contribution in [2.75, 3.05) is 26.0 Å². The van der Waals surface area contributed by atoms with E-state index in [-0.39, 0.29) is 31.7 Å². The van der Waals surface area contributed by atoms with Gasteiger partial charge in [-0.2, -0.15) is 0 Å². The number of carboxylic acid groups (broad SMARTS) is 1. The lowest BCUT2D eigenvalue weighted by Crippen LogP contribution is -2.53. The van der Waals surface area contributed by atoms with E-state index >= 15 is 0 Å². The summed E-state index contributed by atoms with van der Waals surface area (Å²) in [6.45, 7) is 0.0474. The van der Waals surface area contributed by atoms with Gasteiger partial charge in [-0.05, 0) is 6.42 Å². The van der Waals surface area contributed by atoms with E-state index in [0.29, 0.717) is 0 Å². The van der Waals surface area contributed by atoms with Crippen LogP contribution >= 0.6 is 0 Å². The molecular formula is C9H15NO6S. The number of aliphatic carboxylic acids is 1. The Bertz CT molecular complexity index is 398. The molecule has 0 saturated carbocycles. The fraction of sp³-hybridized carbons (Fsp3) is 0.778. The third-order valence-electron chi connectivity index (χ3n) is 2.60. The number of carbonyl (C=O) groups is 2. The van der Waals surface area contributed by atoms with E-state index in [1.54, 1.807) is 0 Å². The summed E-state index contributed by atoms with van der Waals surface area (Å²) in [5.74, 6) is -2.20. The van der Waals surface area contributed by atoms with Gasteiger partial charge in [-0.1, -0.05) is 0 Å². The van der Waals surface area contributed by atoms with E-state index in [0.717, 1.165) is 4.31 Å². The van der Waals surface area contributed by atoms with Gasteiger partial charge in [0.15, 0.2) is 0 Å². The van der Waals surface area contributed by atoms with Gasteiger partial charge in [0.2, 0.25) is 10.0 Å². The molecule has 8 heteroatoms. The first-order valence-electron chi connectivity index (χ1n) is 5.14. The van der Waals surface area contributed by atoms with Crippen LogP contribution in [0.4, 0.5) is 0 Å². The molecule has 0 aromatic rings. The molecule has 7 nitrogen and oxygen atoms in total. The Morgan fingerprint density at radius 3 is 2.47 bits per heavy atom. The Morgan fingerprint density at radius 2 is 2.00 bits per heavy atom. The van der Waals surface area contributed by atoms with Crippen molar-refractivity contribution in [2.45, 2.75) is 12.8 Å². The first-order valence-corrected chi connectivity index (χ1v) is 6.75. The third kappa shape index (κ3) is 3.67. The summed E-state index contributed by atoms with van der Waals surface area (Å²) in [6, 6.07) is 0. The highest BCUT2D eigenvalue weighted by molar-refractivity contribution is 7.89. The largest absolute Gasteiger partial charge is 0.481 e. The van der Waals surface area contributed by atoms with Crippen LogP contribution in [-0.4, -0.2) is 55.7 Å². The number of hydrogen-bond acceptors (Lipinski definition) is 5. The Morgan fingerprint density at radius 1 is 1.41 bits per heavy atom. The van der Waals surface area contributed by atoms with Crippen molar-refractivity contribution >= 4 is 22.0 Å². The molecule has 1 saturated heterocycles. The Kier molecular flexibility index (Phi) is 4.47. The zero-order chi connectivity index (χ0) is 13.1. The normalized spacial score (nSPS) is 17.5. The molecule has 0 aromatic heterocycles. The lowest BCUT2D eigenvalue weighted by molar-refractivity contribution is -0.145. The summed E-state index contributed by atoms with van der Waals surface area (Å²) in [4.78, 5) is 21.3. The zero-order valence-electron chi connectivity index (χ0n) is 9.46. The molecule has 98 valence electrons. The maximum Gasteiger partial charge on any atom is 0.309 e. The summed E-state index contributed by atoms with van der Waals surface area (Å²) >= 11 is 0. The Hall–Kier alpha value is -1.15. The number of ether oxygens (including phenoxy) is 1. The van der Waals surface area contributed by atoms with Gasteiger partial charge in [0.05, 0.1) is 18.8 Å². The predicted molar refractivity (Wildman–Crippen MR) is 57.7 cm³/mol. The van der Waals surface area contributed by atoms with Crippen LogP contribution in [0.25, 0.3) is 0 Å². The average molecular weight is 265 g/mol. The van der Waals surface area contributed by atoms with Gasteiger partial charge in [-0.3, -0.25) is 9.59 Å². The molecule has 1 aliphatic heterocycles. The van der Waals surface area contributed by atoms with E-state index in [1.807, 2.05) is 0 Å². The second-order valence-corrected chi connectivity index (χ2v) is 5.94. The Labute approximate surface area is 99.4 Å². The molecule has 0 aliphatic carbocycles. The lowest BCUT2D eigenvalue weighted by atomic mass is 10.0. The quantitative estimate of drug-likeness (QED) is 0.636. The van der Waals surface area contributed by atoms with E-state index in [1.165, 1.54) is 7.11 Å². The molecule has 0 radical (unpaired) electrons. The van der Waals surface area contributed by atoms with Crippen LogP contribution in [-0.2, 0) is 24.3 Å². The number of rotatable bonds is 6. The molecule has 0 bridgehead atoms. The van der Waals surface area contributed by atoms with Gasteiger partial charge < -0.3 is 9.84 Å². The first-order chi connectivity index (χ1) is 7.86. The van der Waals surface area contributed by atoms with Gasteiger partial charge in [-0.25, -0.2) is 12.7 Å². The highest BCUT2D eigenvalue weighted by Crippen LogP contribution is 2.20. The zero-order valence-corrected chi connectivity index (χ0v) is 10.3. The van der Waals surface area contributed by atoms with Gasteiger partial charge in [-0.15, -0.1) is 0 Å². The average Bonchev–Trinajstić information content (AvgIpc) is 2.13. The fourth-order valence-corrected chi connectivity index (χ4v) is 3.03. The summed E-state index contributed by atoms with van der Waals surface area (Å²) < 4.78 is 28.8. The number of carboxylic acids is 1. The smallest absolute Gasteiger partial charge is 0.309 e. The van der Waals surface area contributed by atoms with Crippen molar-refractivity contribution in [3.63, 3.8) is 0 Å². The minimum atomic E-state index is -3.43. The second kappa shape index (κ2) is 5.46. The highest BCUT2D eigenvalue weighted by Gasteiger charge is 2.39. The molecule has 0 unspecified atom stereocenters. The number of methoxy groups -OCH3 is 1. The second-order valence-electron chi connectivity index (χ2n) is 3.85. The number of sulfonamides is 1. The summed E-state index contributed by atoms with van der Waals surface area (Å²) in [6.07, 6.45) is 0.231. The highest BCUT2D eigenvalue weighted by atomic mass is 32.2. The van der Waals surface area contributed by atoms with Gasteiger partial charge in [0, 0.05) is 19.5 Å². The maximum atomic E-state index is 11.6. The number of carbonyl (C=O) groups excluding carboxylic acids is 1. The summed E-state index contributed by atoms with van der Waals surface area (Å²) in [5, 5.41) is 8.61. The number of nitrogens with zero attached hydrogens (tertiary/aromatic N) is 1. The molecule has 0 spiro atoms. The molecule has 17 heavy (non-hydrogen) atoms. The third-order valence-corrected chi connectivity index (χ3v) is 4.49. The lowest BCUT2D eigenvalue weighted by Gasteiger charge is -2.35. The molecule has 1 fully saturated rings. The molecule has 0 amide bonds. The monoisotopic (exact) mass is 265 g/mol.